The number of carbonyl (C=O) groups is 1. The quantitative estimate of drug-likeness (QED) is 0.499. The highest BCUT2D eigenvalue weighted by Gasteiger charge is 2.37. The first-order valence-electron chi connectivity index (χ1n) is 10.1. The molecule has 0 saturated carbocycles. The molecule has 0 fully saturated rings. The van der Waals surface area contributed by atoms with Crippen LogP contribution in [-0.2, 0) is 14.8 Å². The molecule has 0 aliphatic carbocycles. The van der Waals surface area contributed by atoms with Crippen LogP contribution < -0.4 is 19.1 Å². The van der Waals surface area contributed by atoms with Gasteiger partial charge in [0.25, 0.3) is 15.9 Å². The van der Waals surface area contributed by atoms with E-state index in [1.165, 1.54) is 18.2 Å². The van der Waals surface area contributed by atoms with Gasteiger partial charge in [-0.3, -0.25) is 9.10 Å². The van der Waals surface area contributed by atoms with Crippen LogP contribution in [0.1, 0.15) is 0 Å². The molecule has 1 N–H and O–H groups in total. The fourth-order valence-electron chi connectivity index (χ4n) is 3.35. The van der Waals surface area contributed by atoms with E-state index in [0.717, 1.165) is 4.31 Å². The highest BCUT2D eigenvalue weighted by molar-refractivity contribution is 7.92. The number of fused-ring (bicyclic) bond motifs is 1. The van der Waals surface area contributed by atoms with E-state index in [0.29, 0.717) is 23.1 Å². The number of nitrogens with zero attached hydrogens (tertiary/aromatic N) is 1. The number of hydrogen-bond donors (Lipinski definition) is 1. The average molecular weight is 485 g/mol. The summed E-state index contributed by atoms with van der Waals surface area (Å²) in [5.74, 6) is 0.309. The first-order chi connectivity index (χ1) is 15.9. The molecule has 33 heavy (non-hydrogen) atoms. The molecule has 0 radical (unpaired) electrons. The molecule has 1 amide bonds. The second kappa shape index (κ2) is 9.56. The topological polar surface area (TPSA) is 84.9 Å². The van der Waals surface area contributed by atoms with Gasteiger partial charge in [0.2, 0.25) is 0 Å². The van der Waals surface area contributed by atoms with Gasteiger partial charge in [-0.05, 0) is 42.5 Å². The van der Waals surface area contributed by atoms with Gasteiger partial charge in [-0.25, -0.2) is 8.42 Å². The third-order valence-corrected chi connectivity index (χ3v) is 6.91. The lowest BCUT2D eigenvalue weighted by molar-refractivity contribution is -0.122. The molecule has 1 aliphatic rings. The second-order valence-electron chi connectivity index (χ2n) is 7.18. The van der Waals surface area contributed by atoms with Crippen LogP contribution >= 0.6 is 11.6 Å². The van der Waals surface area contributed by atoms with Crippen LogP contribution in [0.5, 0.6) is 11.5 Å². The maximum absolute atomic E-state index is 13.4. The minimum absolute atomic E-state index is 0.101. The number of carbonyl (C=O) groups excluding carboxylic acids is 1. The first-order valence-corrected chi connectivity index (χ1v) is 11.9. The summed E-state index contributed by atoms with van der Waals surface area (Å²) in [4.78, 5) is 13.1. The van der Waals surface area contributed by atoms with Crippen molar-refractivity contribution in [1.82, 2.24) is 0 Å². The Labute approximate surface area is 197 Å². The Morgan fingerprint density at radius 3 is 2.70 bits per heavy atom. The van der Waals surface area contributed by atoms with Crippen molar-refractivity contribution in [2.45, 2.75) is 11.0 Å². The summed E-state index contributed by atoms with van der Waals surface area (Å²) >= 11 is 6.12. The Kier molecular flexibility index (Phi) is 6.57. The normalized spacial score (nSPS) is 15.2. The van der Waals surface area contributed by atoms with Gasteiger partial charge in [0.15, 0.2) is 6.10 Å². The number of ether oxygens (including phenoxy) is 2. The Bertz CT molecular complexity index is 1280. The first kappa shape index (κ1) is 22.7. The molecule has 9 heteroatoms. The van der Waals surface area contributed by atoms with Crippen molar-refractivity contribution in [3.63, 3.8) is 0 Å². The van der Waals surface area contributed by atoms with E-state index < -0.39 is 22.0 Å². The number of halogens is 1. The van der Waals surface area contributed by atoms with E-state index >= 15 is 0 Å². The minimum Gasteiger partial charge on any atom is -0.489 e. The summed E-state index contributed by atoms with van der Waals surface area (Å²) in [6.07, 6.45) is 0.530. The van der Waals surface area contributed by atoms with Crippen molar-refractivity contribution in [3.8, 4) is 11.5 Å². The molecule has 7 nitrogen and oxygen atoms in total. The zero-order valence-corrected chi connectivity index (χ0v) is 19.1. The molecule has 4 rings (SSSR count). The van der Waals surface area contributed by atoms with Crippen molar-refractivity contribution < 1.29 is 22.7 Å². The molecular formula is C24H21ClN2O5S. The Morgan fingerprint density at radius 1 is 1.15 bits per heavy atom. The molecule has 0 aromatic heterocycles. The maximum Gasteiger partial charge on any atom is 0.267 e. The van der Waals surface area contributed by atoms with Gasteiger partial charge in [0, 0.05) is 16.8 Å². The van der Waals surface area contributed by atoms with E-state index in [9.17, 15) is 13.2 Å². The van der Waals surface area contributed by atoms with Crippen LogP contribution in [-0.4, -0.2) is 33.6 Å². The fraction of sp³-hybridized carbons (Fsp3) is 0.125. The van der Waals surface area contributed by atoms with Gasteiger partial charge in [0.1, 0.15) is 18.1 Å². The Morgan fingerprint density at radius 2 is 1.94 bits per heavy atom. The third kappa shape index (κ3) is 4.97. The number of anilines is 2. The van der Waals surface area contributed by atoms with Crippen LogP contribution in [0.2, 0.25) is 5.02 Å². The zero-order valence-electron chi connectivity index (χ0n) is 17.5. The van der Waals surface area contributed by atoms with Crippen molar-refractivity contribution >= 4 is 38.9 Å². The number of hydrogen-bond acceptors (Lipinski definition) is 5. The largest absolute Gasteiger partial charge is 0.489 e. The zero-order chi connectivity index (χ0) is 23.4. The van der Waals surface area contributed by atoms with Crippen LogP contribution in [0.15, 0.2) is 90.3 Å². The smallest absolute Gasteiger partial charge is 0.267 e. The Hall–Kier alpha value is -3.49. The summed E-state index contributed by atoms with van der Waals surface area (Å²) in [5, 5.41) is 3.12. The minimum atomic E-state index is -3.96. The van der Waals surface area contributed by atoms with Gasteiger partial charge >= 0.3 is 0 Å². The fourth-order valence-corrected chi connectivity index (χ4v) is 5.01. The molecule has 1 aliphatic heterocycles. The lowest BCUT2D eigenvalue weighted by atomic mass is 10.2. The Balaban J connectivity index is 1.63. The van der Waals surface area contributed by atoms with Crippen molar-refractivity contribution in [2.24, 2.45) is 0 Å². The standard InChI is InChI=1S/C24H21ClN2O5S/c1-2-13-31-19-8-6-7-18(15-19)26-24(28)23-16-27(21-14-17(25)11-12-22(21)32-23)33(29,30)20-9-4-3-5-10-20/h2-12,14-15,23H,1,13,16H2,(H,26,28)/t23-/m0/s1. The second-order valence-corrected chi connectivity index (χ2v) is 9.48. The summed E-state index contributed by atoms with van der Waals surface area (Å²) in [5.41, 5.74) is 0.764. The van der Waals surface area contributed by atoms with Crippen LogP contribution in [0.25, 0.3) is 0 Å². The molecule has 0 bridgehead atoms. The number of nitrogens with one attached hydrogen (secondary N) is 1. The predicted octanol–water partition coefficient (Wildman–Crippen LogP) is 4.50. The molecule has 3 aromatic rings. The average Bonchev–Trinajstić information content (AvgIpc) is 2.82. The highest BCUT2D eigenvalue weighted by Crippen LogP contribution is 2.39. The number of benzene rings is 3. The van der Waals surface area contributed by atoms with Crippen molar-refractivity contribution in [3.05, 3.63) is 90.5 Å². The highest BCUT2D eigenvalue weighted by atomic mass is 35.5. The third-order valence-electron chi connectivity index (χ3n) is 4.88. The van der Waals surface area contributed by atoms with Gasteiger partial charge < -0.3 is 14.8 Å². The van der Waals surface area contributed by atoms with Crippen LogP contribution in [0.4, 0.5) is 11.4 Å². The molecule has 0 saturated heterocycles. The predicted molar refractivity (Wildman–Crippen MR) is 128 cm³/mol. The van der Waals surface area contributed by atoms with E-state index in [4.69, 9.17) is 21.1 Å². The van der Waals surface area contributed by atoms with E-state index in [1.54, 1.807) is 60.7 Å². The molecule has 0 spiro atoms. The molecule has 3 aromatic carbocycles. The van der Waals surface area contributed by atoms with E-state index in [-0.39, 0.29) is 22.9 Å². The molecule has 1 atom stereocenters. The maximum atomic E-state index is 13.4. The van der Waals surface area contributed by atoms with Gasteiger partial charge in [-0.1, -0.05) is 48.5 Å². The van der Waals surface area contributed by atoms with Crippen molar-refractivity contribution in [1.29, 1.82) is 0 Å². The van der Waals surface area contributed by atoms with Crippen LogP contribution in [0.3, 0.4) is 0 Å². The number of sulfonamides is 1. The molecule has 170 valence electrons. The molecular weight excluding hydrogens is 464 g/mol. The number of rotatable bonds is 7. The van der Waals surface area contributed by atoms with E-state index in [1.807, 2.05) is 0 Å². The summed E-state index contributed by atoms with van der Waals surface area (Å²) in [6.45, 7) is 3.72. The summed E-state index contributed by atoms with van der Waals surface area (Å²) in [7, 11) is -3.96. The van der Waals surface area contributed by atoms with Gasteiger partial charge in [-0.2, -0.15) is 0 Å². The summed E-state index contributed by atoms with van der Waals surface area (Å²) < 4.78 is 39.3. The van der Waals surface area contributed by atoms with Gasteiger partial charge in [-0.15, -0.1) is 0 Å². The number of amides is 1. The van der Waals surface area contributed by atoms with Crippen LogP contribution in [0, 0.1) is 0 Å². The lowest BCUT2D eigenvalue weighted by Crippen LogP contribution is -2.48. The van der Waals surface area contributed by atoms with E-state index in [2.05, 4.69) is 11.9 Å². The summed E-state index contributed by atoms with van der Waals surface area (Å²) in [6, 6.07) is 19.5. The van der Waals surface area contributed by atoms with Gasteiger partial charge in [0.05, 0.1) is 17.1 Å². The molecule has 0 unspecified atom stereocenters. The SMILES string of the molecule is C=CCOc1cccc(NC(=O)[C@@H]2CN(S(=O)(=O)c3ccccc3)c3cc(Cl)ccc3O2)c1. The lowest BCUT2D eigenvalue weighted by Gasteiger charge is -2.34. The van der Waals surface area contributed by atoms with Crippen molar-refractivity contribution in [2.75, 3.05) is 22.8 Å². The monoisotopic (exact) mass is 484 g/mol. The molecule has 1 heterocycles.